The van der Waals surface area contributed by atoms with E-state index < -0.39 is 6.10 Å². The Balaban J connectivity index is 1.41. The van der Waals surface area contributed by atoms with Gasteiger partial charge in [-0.05, 0) is 29.7 Å². The molecule has 0 aliphatic carbocycles. The lowest BCUT2D eigenvalue weighted by Gasteiger charge is -2.26. The second-order valence-electron chi connectivity index (χ2n) is 5.74. The molecule has 0 spiro atoms. The zero-order valence-corrected chi connectivity index (χ0v) is 13.2. The van der Waals surface area contributed by atoms with Gasteiger partial charge in [-0.25, -0.2) is 0 Å². The van der Waals surface area contributed by atoms with Crippen LogP contribution in [0.5, 0.6) is 5.75 Å². The van der Waals surface area contributed by atoms with E-state index in [1.807, 2.05) is 36.4 Å². The van der Waals surface area contributed by atoms with Gasteiger partial charge in [0.2, 0.25) is 0 Å². The van der Waals surface area contributed by atoms with E-state index in [0.29, 0.717) is 13.1 Å². The highest BCUT2D eigenvalue weighted by Crippen LogP contribution is 2.26. The first-order chi connectivity index (χ1) is 11.3. The zero-order chi connectivity index (χ0) is 15.9. The average molecular weight is 313 g/mol. The van der Waals surface area contributed by atoms with Crippen LogP contribution in [0.15, 0.2) is 54.6 Å². The summed E-state index contributed by atoms with van der Waals surface area (Å²) in [6, 6.07) is 17.9. The Bertz CT molecular complexity index is 603. The van der Waals surface area contributed by atoms with Crippen LogP contribution in [0, 0.1) is 0 Å². The van der Waals surface area contributed by atoms with Crippen LogP contribution in [0.1, 0.15) is 17.2 Å². The smallest absolute Gasteiger partial charge is 0.119 e. The van der Waals surface area contributed by atoms with E-state index >= 15 is 0 Å². The van der Waals surface area contributed by atoms with Gasteiger partial charge in [-0.1, -0.05) is 42.5 Å². The first-order valence-electron chi connectivity index (χ1n) is 8.09. The summed E-state index contributed by atoms with van der Waals surface area (Å²) in [7, 11) is 0. The molecule has 0 saturated heterocycles. The molecule has 1 heterocycles. The topological polar surface area (TPSA) is 50.7 Å². The molecule has 1 aliphatic heterocycles. The van der Waals surface area contributed by atoms with Crippen molar-refractivity contribution in [1.82, 2.24) is 5.32 Å². The molecule has 0 fully saturated rings. The number of benzene rings is 2. The van der Waals surface area contributed by atoms with Crippen LogP contribution < -0.4 is 10.1 Å². The van der Waals surface area contributed by atoms with Gasteiger partial charge in [-0.15, -0.1) is 0 Å². The van der Waals surface area contributed by atoms with E-state index in [2.05, 4.69) is 23.5 Å². The van der Waals surface area contributed by atoms with Gasteiger partial charge in [0.15, 0.2) is 0 Å². The van der Waals surface area contributed by atoms with Crippen molar-refractivity contribution >= 4 is 0 Å². The van der Waals surface area contributed by atoms with Crippen molar-refractivity contribution in [1.29, 1.82) is 0 Å². The lowest BCUT2D eigenvalue weighted by atomic mass is 9.97. The summed E-state index contributed by atoms with van der Waals surface area (Å²) in [5.41, 5.74) is 2.61. The number of ether oxygens (including phenoxy) is 2. The minimum Gasteiger partial charge on any atom is -0.491 e. The van der Waals surface area contributed by atoms with Gasteiger partial charge in [0.05, 0.1) is 12.7 Å². The van der Waals surface area contributed by atoms with Crippen molar-refractivity contribution in [3.8, 4) is 5.75 Å². The molecule has 122 valence electrons. The summed E-state index contributed by atoms with van der Waals surface area (Å²) in [6.45, 7) is 2.20. The quantitative estimate of drug-likeness (QED) is 0.824. The van der Waals surface area contributed by atoms with Gasteiger partial charge in [0.1, 0.15) is 18.5 Å². The van der Waals surface area contributed by atoms with E-state index in [-0.39, 0.29) is 12.7 Å². The lowest BCUT2D eigenvalue weighted by Crippen LogP contribution is -2.35. The Kier molecular flexibility index (Phi) is 5.64. The molecule has 0 bridgehead atoms. The molecule has 3 rings (SSSR count). The number of aliphatic hydroxyl groups excluding tert-OH is 1. The van der Waals surface area contributed by atoms with Gasteiger partial charge in [-0.2, -0.15) is 0 Å². The number of fused-ring (bicyclic) bond motifs is 1. The second kappa shape index (κ2) is 8.11. The first-order valence-corrected chi connectivity index (χ1v) is 8.09. The first kappa shape index (κ1) is 16.0. The van der Waals surface area contributed by atoms with Gasteiger partial charge in [-0.3, -0.25) is 0 Å². The van der Waals surface area contributed by atoms with Crippen LogP contribution in [0.2, 0.25) is 0 Å². The molecule has 0 aromatic heterocycles. The summed E-state index contributed by atoms with van der Waals surface area (Å²) in [6.07, 6.45) is 0.483. The van der Waals surface area contributed by atoms with Crippen molar-refractivity contribution in [2.75, 3.05) is 26.3 Å². The summed E-state index contributed by atoms with van der Waals surface area (Å²) >= 11 is 0. The second-order valence-corrected chi connectivity index (χ2v) is 5.74. The fraction of sp³-hybridized carbons (Fsp3) is 0.368. The SMILES string of the molecule is O[C@@H](CNC[C@H]1OCCc2ccccc21)COc1ccccc1. The van der Waals surface area contributed by atoms with Crippen LogP contribution in [0.25, 0.3) is 0 Å². The maximum absolute atomic E-state index is 10.0. The predicted molar refractivity (Wildman–Crippen MR) is 89.7 cm³/mol. The maximum Gasteiger partial charge on any atom is 0.119 e. The molecule has 4 heteroatoms. The molecule has 0 saturated carbocycles. The highest BCUT2D eigenvalue weighted by molar-refractivity contribution is 5.31. The van der Waals surface area contributed by atoms with Crippen molar-refractivity contribution in [3.63, 3.8) is 0 Å². The molecule has 0 amide bonds. The third-order valence-electron chi connectivity index (χ3n) is 3.99. The third kappa shape index (κ3) is 4.55. The predicted octanol–water partition coefficient (Wildman–Crippen LogP) is 2.33. The van der Waals surface area contributed by atoms with E-state index in [4.69, 9.17) is 9.47 Å². The Labute approximate surface area is 137 Å². The van der Waals surface area contributed by atoms with Crippen LogP contribution in [0.3, 0.4) is 0 Å². The number of hydrogen-bond acceptors (Lipinski definition) is 4. The summed E-state index contributed by atoms with van der Waals surface area (Å²) in [5.74, 6) is 0.774. The molecule has 2 atom stereocenters. The number of nitrogens with one attached hydrogen (secondary N) is 1. The Hall–Kier alpha value is -1.88. The van der Waals surface area contributed by atoms with E-state index in [1.165, 1.54) is 11.1 Å². The highest BCUT2D eigenvalue weighted by atomic mass is 16.5. The summed E-state index contributed by atoms with van der Waals surface area (Å²) in [4.78, 5) is 0. The minimum atomic E-state index is -0.547. The summed E-state index contributed by atoms with van der Waals surface area (Å²) < 4.78 is 11.4. The van der Waals surface area contributed by atoms with Crippen molar-refractivity contribution in [2.24, 2.45) is 0 Å². The van der Waals surface area contributed by atoms with E-state index in [1.54, 1.807) is 0 Å². The number of para-hydroxylation sites is 1. The van der Waals surface area contributed by atoms with Gasteiger partial charge in [0.25, 0.3) is 0 Å². The van der Waals surface area contributed by atoms with Crippen molar-refractivity contribution in [3.05, 3.63) is 65.7 Å². The Morgan fingerprint density at radius 2 is 1.91 bits per heavy atom. The Morgan fingerprint density at radius 3 is 2.78 bits per heavy atom. The maximum atomic E-state index is 10.0. The Morgan fingerprint density at radius 1 is 1.13 bits per heavy atom. The van der Waals surface area contributed by atoms with Crippen LogP contribution in [-0.2, 0) is 11.2 Å². The van der Waals surface area contributed by atoms with Crippen molar-refractivity contribution < 1.29 is 14.6 Å². The highest BCUT2D eigenvalue weighted by Gasteiger charge is 2.20. The number of rotatable bonds is 7. The molecular formula is C19H23NO3. The minimum absolute atomic E-state index is 0.0576. The third-order valence-corrected chi connectivity index (χ3v) is 3.99. The van der Waals surface area contributed by atoms with Crippen LogP contribution >= 0.6 is 0 Å². The molecule has 1 aliphatic rings. The summed E-state index contributed by atoms with van der Waals surface area (Å²) in [5, 5.41) is 13.3. The molecule has 23 heavy (non-hydrogen) atoms. The standard InChI is InChI=1S/C19H23NO3/c21-16(14-23-17-7-2-1-3-8-17)12-20-13-19-18-9-5-4-6-15(18)10-11-22-19/h1-9,16,19-21H,10-14H2/t16-,19+/m0/s1. The lowest BCUT2D eigenvalue weighted by molar-refractivity contribution is 0.0380. The van der Waals surface area contributed by atoms with Crippen LogP contribution in [-0.4, -0.2) is 37.5 Å². The average Bonchev–Trinajstić information content (AvgIpc) is 2.61. The van der Waals surface area contributed by atoms with Crippen LogP contribution in [0.4, 0.5) is 0 Å². The molecule has 4 nitrogen and oxygen atoms in total. The molecule has 2 aromatic rings. The monoisotopic (exact) mass is 313 g/mol. The van der Waals surface area contributed by atoms with Gasteiger partial charge < -0.3 is 19.9 Å². The molecule has 2 N–H and O–H groups in total. The fourth-order valence-electron chi connectivity index (χ4n) is 2.79. The molecule has 2 aromatic carbocycles. The number of aliphatic hydroxyl groups is 1. The fourth-order valence-corrected chi connectivity index (χ4v) is 2.79. The molecule has 0 radical (unpaired) electrons. The van der Waals surface area contributed by atoms with Gasteiger partial charge >= 0.3 is 0 Å². The molecule has 0 unspecified atom stereocenters. The normalized spacial score (nSPS) is 18.2. The molecular weight excluding hydrogens is 290 g/mol. The number of hydrogen-bond donors (Lipinski definition) is 2. The van der Waals surface area contributed by atoms with Gasteiger partial charge in [0, 0.05) is 13.1 Å². The zero-order valence-electron chi connectivity index (χ0n) is 13.2. The van der Waals surface area contributed by atoms with E-state index in [9.17, 15) is 5.11 Å². The largest absolute Gasteiger partial charge is 0.491 e. The van der Waals surface area contributed by atoms with Crippen molar-refractivity contribution in [2.45, 2.75) is 18.6 Å². The van der Waals surface area contributed by atoms with E-state index in [0.717, 1.165) is 18.8 Å².